The lowest BCUT2D eigenvalue weighted by Gasteiger charge is -2.56. The maximum atomic E-state index is 13.3. The minimum Gasteiger partial charge on any atom is -0.469 e. The Hall–Kier alpha value is -2.99. The Bertz CT molecular complexity index is 1200. The van der Waals surface area contributed by atoms with E-state index in [-0.39, 0.29) is 29.3 Å². The monoisotopic (exact) mass is 474 g/mol. The number of methoxy groups -OCH3 is 1. The van der Waals surface area contributed by atoms with Crippen molar-refractivity contribution in [2.75, 3.05) is 7.11 Å². The first-order valence-electron chi connectivity index (χ1n) is 11.8. The topological polar surface area (TPSA) is 68.3 Å². The van der Waals surface area contributed by atoms with Crippen LogP contribution in [0, 0.1) is 25.2 Å². The number of pyridine rings is 1. The summed E-state index contributed by atoms with van der Waals surface area (Å²) >= 11 is 1.70. The van der Waals surface area contributed by atoms with Crippen LogP contribution < -0.4 is 5.32 Å². The van der Waals surface area contributed by atoms with Crippen LogP contribution in [0.1, 0.15) is 56.9 Å². The van der Waals surface area contributed by atoms with Crippen molar-refractivity contribution in [2.45, 2.75) is 52.0 Å². The number of aryl methyl sites for hydroxylation is 2. The highest BCUT2D eigenvalue weighted by Gasteiger charge is 2.55. The van der Waals surface area contributed by atoms with Crippen LogP contribution in [0.2, 0.25) is 0 Å². The number of rotatable bonds is 6. The van der Waals surface area contributed by atoms with Gasteiger partial charge in [-0.3, -0.25) is 14.6 Å². The zero-order valence-electron chi connectivity index (χ0n) is 19.9. The predicted octanol–water partition coefficient (Wildman–Crippen LogP) is 5.48. The molecule has 2 fully saturated rings. The van der Waals surface area contributed by atoms with Crippen LogP contribution in [0.4, 0.5) is 0 Å². The molecule has 6 heteroatoms. The van der Waals surface area contributed by atoms with E-state index in [4.69, 9.17) is 4.74 Å². The van der Waals surface area contributed by atoms with Gasteiger partial charge in [0, 0.05) is 28.2 Å². The number of hydrogen-bond acceptors (Lipinski definition) is 5. The molecule has 5 nitrogen and oxygen atoms in total. The maximum Gasteiger partial charge on any atom is 0.308 e. The van der Waals surface area contributed by atoms with Gasteiger partial charge in [0.25, 0.3) is 5.91 Å². The van der Waals surface area contributed by atoms with Gasteiger partial charge in [-0.15, -0.1) is 11.3 Å². The number of hydrogen-bond donors (Lipinski definition) is 1. The molecule has 1 spiro atoms. The number of esters is 1. The SMILES string of the molecule is COC(=O)C1CC2(CC(NC(=O)c3c(C)sc(C)c3Cc3ccc(-c4cccnc4)cc3)C2)C1. The molecule has 0 radical (unpaired) electrons. The van der Waals surface area contributed by atoms with E-state index in [0.717, 1.165) is 59.2 Å². The van der Waals surface area contributed by atoms with E-state index in [2.05, 4.69) is 47.6 Å². The van der Waals surface area contributed by atoms with Crippen LogP contribution in [0.15, 0.2) is 48.8 Å². The first-order valence-corrected chi connectivity index (χ1v) is 12.7. The van der Waals surface area contributed by atoms with E-state index in [1.165, 1.54) is 17.6 Å². The molecule has 2 saturated carbocycles. The molecule has 1 N–H and O–H groups in total. The average molecular weight is 475 g/mol. The van der Waals surface area contributed by atoms with Crippen LogP contribution in [0.5, 0.6) is 0 Å². The second-order valence-corrected chi connectivity index (χ2v) is 11.3. The fraction of sp³-hybridized carbons (Fsp3) is 0.393. The van der Waals surface area contributed by atoms with E-state index in [1.807, 2.05) is 19.2 Å². The highest BCUT2D eigenvalue weighted by atomic mass is 32.1. The van der Waals surface area contributed by atoms with Gasteiger partial charge < -0.3 is 10.1 Å². The summed E-state index contributed by atoms with van der Waals surface area (Å²) in [4.78, 5) is 31.4. The fourth-order valence-electron chi connectivity index (χ4n) is 5.79. The summed E-state index contributed by atoms with van der Waals surface area (Å²) in [5.74, 6) is -0.0207. The number of aromatic nitrogens is 1. The Kier molecular flexibility index (Phi) is 6.02. The normalized spacial score (nSPS) is 23.1. The first kappa shape index (κ1) is 22.8. The van der Waals surface area contributed by atoms with Gasteiger partial charge in [-0.25, -0.2) is 0 Å². The Morgan fingerprint density at radius 2 is 1.79 bits per heavy atom. The van der Waals surface area contributed by atoms with Crippen LogP contribution in [0.3, 0.4) is 0 Å². The molecule has 2 heterocycles. The molecule has 0 atom stereocenters. The van der Waals surface area contributed by atoms with Gasteiger partial charge in [-0.2, -0.15) is 0 Å². The lowest BCUT2D eigenvalue weighted by Crippen LogP contribution is -2.57. The molecule has 3 aromatic rings. The Balaban J connectivity index is 1.24. The number of carbonyl (C=O) groups is 2. The molecular weight excluding hydrogens is 444 g/mol. The number of nitrogens with one attached hydrogen (secondary N) is 1. The van der Waals surface area contributed by atoms with Crippen molar-refractivity contribution in [1.29, 1.82) is 0 Å². The second kappa shape index (κ2) is 8.99. The number of amides is 1. The number of nitrogens with zero attached hydrogens (tertiary/aromatic N) is 1. The number of benzene rings is 1. The minimum atomic E-state index is -0.0967. The van der Waals surface area contributed by atoms with Crippen molar-refractivity contribution in [3.8, 4) is 11.1 Å². The summed E-state index contributed by atoms with van der Waals surface area (Å²) in [5.41, 5.74) is 5.61. The van der Waals surface area contributed by atoms with Gasteiger partial charge in [-0.1, -0.05) is 30.3 Å². The molecule has 176 valence electrons. The van der Waals surface area contributed by atoms with Gasteiger partial charge in [-0.05, 0) is 79.7 Å². The molecule has 5 rings (SSSR count). The van der Waals surface area contributed by atoms with Crippen LogP contribution in [-0.4, -0.2) is 30.0 Å². The molecule has 1 amide bonds. The van der Waals surface area contributed by atoms with Crippen molar-refractivity contribution in [3.05, 3.63) is 75.2 Å². The standard InChI is InChI=1S/C28H30N2O3S/c1-17-24(11-19-6-8-20(9-7-19)21-5-4-10-29-16-21)25(18(2)34-17)26(31)30-23-14-28(15-23)12-22(13-28)27(32)33-3/h4-10,16,22-23H,11-15H2,1-3H3,(H,30,31). The molecule has 2 aliphatic rings. The number of carbonyl (C=O) groups excluding carboxylic acids is 2. The molecule has 0 aliphatic heterocycles. The minimum absolute atomic E-state index is 0.0347. The first-order chi connectivity index (χ1) is 16.4. The summed E-state index contributed by atoms with van der Waals surface area (Å²) in [7, 11) is 1.45. The quantitative estimate of drug-likeness (QED) is 0.481. The Morgan fingerprint density at radius 3 is 2.44 bits per heavy atom. The molecule has 34 heavy (non-hydrogen) atoms. The van der Waals surface area contributed by atoms with E-state index in [1.54, 1.807) is 17.5 Å². The summed E-state index contributed by atoms with van der Waals surface area (Å²) < 4.78 is 4.86. The molecular formula is C28H30N2O3S. The smallest absolute Gasteiger partial charge is 0.308 e. The Morgan fingerprint density at radius 1 is 1.06 bits per heavy atom. The van der Waals surface area contributed by atoms with Gasteiger partial charge in [0.1, 0.15) is 0 Å². The maximum absolute atomic E-state index is 13.3. The molecule has 0 unspecified atom stereocenters. The molecule has 2 aromatic heterocycles. The lowest BCUT2D eigenvalue weighted by molar-refractivity contribution is -0.159. The van der Waals surface area contributed by atoms with Gasteiger partial charge in [0.05, 0.1) is 18.6 Å². The third kappa shape index (κ3) is 4.27. The fourth-order valence-corrected chi connectivity index (χ4v) is 6.87. The van der Waals surface area contributed by atoms with Crippen molar-refractivity contribution >= 4 is 23.2 Å². The Labute approximate surface area is 204 Å². The molecule has 2 aliphatic carbocycles. The van der Waals surface area contributed by atoms with Crippen molar-refractivity contribution in [1.82, 2.24) is 10.3 Å². The van der Waals surface area contributed by atoms with Crippen molar-refractivity contribution in [3.63, 3.8) is 0 Å². The van der Waals surface area contributed by atoms with Gasteiger partial charge in [0.2, 0.25) is 0 Å². The zero-order valence-corrected chi connectivity index (χ0v) is 20.7. The van der Waals surface area contributed by atoms with Crippen molar-refractivity contribution in [2.24, 2.45) is 11.3 Å². The highest BCUT2D eigenvalue weighted by molar-refractivity contribution is 7.12. The summed E-state index contributed by atoms with van der Waals surface area (Å²) in [5, 5.41) is 3.27. The second-order valence-electron chi connectivity index (χ2n) is 9.89. The summed E-state index contributed by atoms with van der Waals surface area (Å²) in [6.07, 6.45) is 8.08. The summed E-state index contributed by atoms with van der Waals surface area (Å²) in [6.45, 7) is 4.14. The van der Waals surface area contributed by atoms with E-state index < -0.39 is 0 Å². The van der Waals surface area contributed by atoms with E-state index in [0.29, 0.717) is 0 Å². The summed E-state index contributed by atoms with van der Waals surface area (Å²) in [6, 6.07) is 12.7. The van der Waals surface area contributed by atoms with Crippen molar-refractivity contribution < 1.29 is 14.3 Å². The van der Waals surface area contributed by atoms with Crippen LogP contribution in [-0.2, 0) is 16.0 Å². The van der Waals surface area contributed by atoms with Gasteiger partial charge in [0.15, 0.2) is 0 Å². The number of thiophene rings is 1. The largest absolute Gasteiger partial charge is 0.469 e. The molecule has 0 saturated heterocycles. The zero-order chi connectivity index (χ0) is 23.9. The van der Waals surface area contributed by atoms with E-state index in [9.17, 15) is 9.59 Å². The van der Waals surface area contributed by atoms with Crippen LogP contribution >= 0.6 is 11.3 Å². The van der Waals surface area contributed by atoms with Gasteiger partial charge >= 0.3 is 5.97 Å². The third-order valence-electron chi connectivity index (χ3n) is 7.53. The highest BCUT2D eigenvalue weighted by Crippen LogP contribution is 2.59. The van der Waals surface area contributed by atoms with E-state index >= 15 is 0 Å². The van der Waals surface area contributed by atoms with Crippen LogP contribution in [0.25, 0.3) is 11.1 Å². The number of ether oxygens (including phenoxy) is 1. The lowest BCUT2D eigenvalue weighted by atomic mass is 9.50. The predicted molar refractivity (Wildman–Crippen MR) is 134 cm³/mol. The molecule has 1 aromatic carbocycles. The molecule has 0 bridgehead atoms. The third-order valence-corrected chi connectivity index (χ3v) is 8.59. The average Bonchev–Trinajstić information content (AvgIpc) is 3.07.